The number of hydrogen-bond donors (Lipinski definition) is 1. The minimum absolute atomic E-state index is 0.122. The van der Waals surface area contributed by atoms with Crippen LogP contribution in [0, 0.1) is 10.1 Å². The zero-order valence-electron chi connectivity index (χ0n) is 13.3. The summed E-state index contributed by atoms with van der Waals surface area (Å²) in [5.74, 6) is -0.0891. The van der Waals surface area contributed by atoms with Gasteiger partial charge in [-0.15, -0.1) is 11.8 Å². The number of thioether (sulfide) groups is 1. The lowest BCUT2D eigenvalue weighted by Crippen LogP contribution is -2.22. The Bertz CT molecular complexity index is 817. The summed E-state index contributed by atoms with van der Waals surface area (Å²) in [4.78, 5) is 23.4. The van der Waals surface area contributed by atoms with E-state index in [0.717, 1.165) is 0 Å². The minimum atomic E-state index is -0.534. The number of nitro benzene ring substituents is 1. The molecule has 0 spiro atoms. The fourth-order valence-corrected chi connectivity index (χ4v) is 3.35. The summed E-state index contributed by atoms with van der Waals surface area (Å²) in [6, 6.07) is 8.99. The molecule has 0 unspecified atom stereocenters. The number of benzene rings is 2. The number of nitrogens with one attached hydrogen (secondary N) is 1. The molecule has 132 valence electrons. The van der Waals surface area contributed by atoms with Gasteiger partial charge in [0.2, 0.25) is 5.91 Å². The topological polar surface area (TPSA) is 81.5 Å². The van der Waals surface area contributed by atoms with Crippen molar-refractivity contribution < 1.29 is 14.5 Å². The lowest BCUT2D eigenvalue weighted by atomic mass is 10.2. The summed E-state index contributed by atoms with van der Waals surface area (Å²) in [5.41, 5.74) is 0.228. The number of carbonyl (C=O) groups is 1. The molecule has 0 radical (unpaired) electrons. The highest BCUT2D eigenvalue weighted by Crippen LogP contribution is 2.34. The van der Waals surface area contributed by atoms with E-state index in [1.165, 1.54) is 37.1 Å². The number of carbonyl (C=O) groups excluding carboxylic acids is 1. The van der Waals surface area contributed by atoms with Crippen LogP contribution in [0.25, 0.3) is 0 Å². The normalized spacial score (nSPS) is 11.7. The monoisotopic (exact) mass is 400 g/mol. The van der Waals surface area contributed by atoms with Crippen molar-refractivity contribution in [3.05, 3.63) is 56.6 Å². The van der Waals surface area contributed by atoms with Gasteiger partial charge in [-0.3, -0.25) is 14.9 Å². The van der Waals surface area contributed by atoms with Gasteiger partial charge in [-0.2, -0.15) is 0 Å². The molecule has 2 aromatic carbocycles. The largest absolute Gasteiger partial charge is 0.494 e. The molecule has 0 saturated heterocycles. The fourth-order valence-electron chi connectivity index (χ4n) is 1.94. The second-order valence-electron chi connectivity index (χ2n) is 4.97. The van der Waals surface area contributed by atoms with Crippen molar-refractivity contribution in [1.82, 2.24) is 0 Å². The van der Waals surface area contributed by atoms with E-state index in [2.05, 4.69) is 5.32 Å². The van der Waals surface area contributed by atoms with Crippen LogP contribution in [0.1, 0.15) is 6.92 Å². The van der Waals surface area contributed by atoms with Gasteiger partial charge in [0.15, 0.2) is 0 Å². The molecule has 0 aliphatic rings. The molecule has 6 nitrogen and oxygen atoms in total. The molecule has 0 heterocycles. The number of hydrogen-bond acceptors (Lipinski definition) is 5. The van der Waals surface area contributed by atoms with Crippen LogP contribution in [-0.2, 0) is 4.79 Å². The van der Waals surface area contributed by atoms with Crippen molar-refractivity contribution in [3.63, 3.8) is 0 Å². The van der Waals surface area contributed by atoms with Crippen molar-refractivity contribution >= 4 is 52.2 Å². The van der Waals surface area contributed by atoms with Gasteiger partial charge >= 0.3 is 0 Å². The Kier molecular flexibility index (Phi) is 6.52. The number of nitrogens with zero attached hydrogens (tertiary/aromatic N) is 1. The standard InChI is InChI=1S/C16H14Cl2N2O4S/c1-9(25-15-7-10(17)3-5-12(15)18)16(21)19-13-6-4-11(20(22)23)8-14(13)24-2/h3-9H,1-2H3,(H,19,21)/t9-/m0/s1. The quantitative estimate of drug-likeness (QED) is 0.417. The third-order valence-corrected chi connectivity index (χ3v) is 5.06. The first kappa shape index (κ1) is 19.4. The Hall–Kier alpha value is -1.96. The summed E-state index contributed by atoms with van der Waals surface area (Å²) < 4.78 is 5.11. The van der Waals surface area contributed by atoms with Crippen molar-refractivity contribution in [2.45, 2.75) is 17.1 Å². The summed E-state index contributed by atoms with van der Waals surface area (Å²) in [6.45, 7) is 1.72. The van der Waals surface area contributed by atoms with Gasteiger partial charge in [0, 0.05) is 16.0 Å². The molecule has 0 saturated carbocycles. The summed E-state index contributed by atoms with van der Waals surface area (Å²) in [7, 11) is 1.37. The highest BCUT2D eigenvalue weighted by atomic mass is 35.5. The maximum atomic E-state index is 12.4. The number of rotatable bonds is 6. The molecule has 2 aromatic rings. The van der Waals surface area contributed by atoms with E-state index >= 15 is 0 Å². The first-order chi connectivity index (χ1) is 11.8. The zero-order valence-corrected chi connectivity index (χ0v) is 15.6. The second-order valence-corrected chi connectivity index (χ2v) is 7.19. The molecule has 2 rings (SSSR count). The van der Waals surface area contributed by atoms with Crippen LogP contribution < -0.4 is 10.1 Å². The molecular formula is C16H14Cl2N2O4S. The number of anilines is 1. The van der Waals surface area contributed by atoms with Gasteiger partial charge in [-0.05, 0) is 31.2 Å². The van der Waals surface area contributed by atoms with Gasteiger partial charge < -0.3 is 10.1 Å². The molecule has 1 amide bonds. The molecule has 1 atom stereocenters. The van der Waals surface area contributed by atoms with Crippen molar-refractivity contribution in [3.8, 4) is 5.75 Å². The molecule has 0 bridgehead atoms. The van der Waals surface area contributed by atoms with E-state index in [9.17, 15) is 14.9 Å². The summed E-state index contributed by atoms with van der Waals surface area (Å²) in [5, 5.41) is 14.1. The predicted molar refractivity (Wildman–Crippen MR) is 100 cm³/mol. The average Bonchev–Trinajstić information content (AvgIpc) is 2.58. The highest BCUT2D eigenvalue weighted by molar-refractivity contribution is 8.00. The SMILES string of the molecule is COc1cc([N+](=O)[O-])ccc1NC(=O)[C@H](C)Sc1cc(Cl)ccc1Cl. The van der Waals surface area contributed by atoms with E-state index in [1.807, 2.05) is 0 Å². The minimum Gasteiger partial charge on any atom is -0.494 e. The number of methoxy groups -OCH3 is 1. The van der Waals surface area contributed by atoms with Gasteiger partial charge in [0.25, 0.3) is 5.69 Å². The Morgan fingerprint density at radius 2 is 2.00 bits per heavy atom. The Labute approximate surface area is 158 Å². The molecule has 0 aromatic heterocycles. The Morgan fingerprint density at radius 1 is 1.28 bits per heavy atom. The van der Waals surface area contributed by atoms with Gasteiger partial charge in [0.05, 0.1) is 34.1 Å². The van der Waals surface area contributed by atoms with Gasteiger partial charge in [0.1, 0.15) is 5.75 Å². The molecule has 0 fully saturated rings. The lowest BCUT2D eigenvalue weighted by molar-refractivity contribution is -0.384. The third-order valence-electron chi connectivity index (χ3n) is 3.22. The van der Waals surface area contributed by atoms with E-state index in [-0.39, 0.29) is 17.3 Å². The maximum Gasteiger partial charge on any atom is 0.273 e. The smallest absolute Gasteiger partial charge is 0.273 e. The highest BCUT2D eigenvalue weighted by Gasteiger charge is 2.19. The van der Waals surface area contributed by atoms with Gasteiger partial charge in [-0.25, -0.2) is 0 Å². The van der Waals surface area contributed by atoms with Crippen LogP contribution in [0.4, 0.5) is 11.4 Å². The van der Waals surface area contributed by atoms with Crippen LogP contribution in [0.3, 0.4) is 0 Å². The Morgan fingerprint density at radius 3 is 2.64 bits per heavy atom. The molecule has 25 heavy (non-hydrogen) atoms. The molecular weight excluding hydrogens is 387 g/mol. The van der Waals surface area contributed by atoms with Crippen molar-refractivity contribution in [2.75, 3.05) is 12.4 Å². The van der Waals surface area contributed by atoms with Crippen LogP contribution in [0.5, 0.6) is 5.75 Å². The van der Waals surface area contributed by atoms with Crippen LogP contribution in [-0.4, -0.2) is 23.2 Å². The fraction of sp³-hybridized carbons (Fsp3) is 0.188. The first-order valence-corrected chi connectivity index (χ1v) is 8.70. The molecule has 0 aliphatic carbocycles. The first-order valence-electron chi connectivity index (χ1n) is 7.07. The van der Waals surface area contributed by atoms with E-state index in [1.54, 1.807) is 25.1 Å². The third kappa shape index (κ3) is 5.01. The van der Waals surface area contributed by atoms with E-state index in [4.69, 9.17) is 27.9 Å². The molecule has 9 heteroatoms. The van der Waals surface area contributed by atoms with E-state index < -0.39 is 10.2 Å². The van der Waals surface area contributed by atoms with Gasteiger partial charge in [-0.1, -0.05) is 23.2 Å². The molecule has 1 N–H and O–H groups in total. The van der Waals surface area contributed by atoms with Crippen molar-refractivity contribution in [2.24, 2.45) is 0 Å². The zero-order chi connectivity index (χ0) is 18.6. The average molecular weight is 401 g/mol. The number of nitro groups is 1. The second kappa shape index (κ2) is 8.42. The Balaban J connectivity index is 2.13. The number of ether oxygens (including phenoxy) is 1. The van der Waals surface area contributed by atoms with Crippen LogP contribution in [0.2, 0.25) is 10.0 Å². The number of non-ortho nitro benzene ring substituents is 1. The van der Waals surface area contributed by atoms with Crippen molar-refractivity contribution in [1.29, 1.82) is 0 Å². The number of amides is 1. The molecule has 0 aliphatic heterocycles. The number of halogens is 2. The lowest BCUT2D eigenvalue weighted by Gasteiger charge is -2.15. The summed E-state index contributed by atoms with van der Waals surface area (Å²) >= 11 is 13.3. The maximum absolute atomic E-state index is 12.4. The van der Waals surface area contributed by atoms with Crippen LogP contribution >= 0.6 is 35.0 Å². The summed E-state index contributed by atoms with van der Waals surface area (Å²) in [6.07, 6.45) is 0. The predicted octanol–water partition coefficient (Wildman–Crippen LogP) is 5.03. The van der Waals surface area contributed by atoms with Crippen LogP contribution in [0.15, 0.2) is 41.3 Å². The van der Waals surface area contributed by atoms with E-state index in [0.29, 0.717) is 20.6 Å².